The zero-order valence-corrected chi connectivity index (χ0v) is 14.0. The van der Waals surface area contributed by atoms with Crippen molar-refractivity contribution in [3.05, 3.63) is 46.9 Å². The molecule has 0 unspecified atom stereocenters. The van der Waals surface area contributed by atoms with Crippen LogP contribution in [-0.2, 0) is 17.3 Å². The van der Waals surface area contributed by atoms with Gasteiger partial charge < -0.3 is 5.32 Å². The molecule has 110 valence electrons. The molecule has 0 atom stereocenters. The molecule has 21 heavy (non-hydrogen) atoms. The van der Waals surface area contributed by atoms with Crippen molar-refractivity contribution in [1.82, 2.24) is 9.97 Å². The zero-order chi connectivity index (χ0) is 14.7. The van der Waals surface area contributed by atoms with Crippen molar-refractivity contribution in [2.75, 3.05) is 11.9 Å². The molecule has 0 aliphatic carbocycles. The second-order valence-corrected chi connectivity index (χ2v) is 7.08. The van der Waals surface area contributed by atoms with Gasteiger partial charge in [0.15, 0.2) is 0 Å². The molecule has 0 amide bonds. The Bertz CT molecular complexity index is 643. The summed E-state index contributed by atoms with van der Waals surface area (Å²) in [4.78, 5) is 10.7. The number of thioether (sulfide) groups is 2. The van der Waals surface area contributed by atoms with Crippen LogP contribution in [0.3, 0.4) is 0 Å². The maximum atomic E-state index is 4.74. The summed E-state index contributed by atoms with van der Waals surface area (Å²) in [5.74, 6) is 4.83. The summed E-state index contributed by atoms with van der Waals surface area (Å²) < 4.78 is 0. The van der Waals surface area contributed by atoms with E-state index in [1.165, 1.54) is 21.7 Å². The fourth-order valence-electron chi connectivity index (χ4n) is 2.33. The normalized spacial score (nSPS) is 13.2. The number of benzene rings is 1. The molecule has 0 fully saturated rings. The van der Waals surface area contributed by atoms with Crippen molar-refractivity contribution in [3.8, 4) is 0 Å². The molecule has 3 rings (SSSR count). The first-order valence-electron chi connectivity index (χ1n) is 7.16. The highest BCUT2D eigenvalue weighted by Gasteiger charge is 2.19. The number of hydrogen-bond acceptors (Lipinski definition) is 5. The predicted molar refractivity (Wildman–Crippen MR) is 91.9 cm³/mol. The van der Waals surface area contributed by atoms with Gasteiger partial charge >= 0.3 is 0 Å². The fraction of sp³-hybridized carbons (Fsp3) is 0.375. The number of rotatable bonds is 5. The molecule has 0 radical (unpaired) electrons. The van der Waals surface area contributed by atoms with E-state index in [0.717, 1.165) is 35.4 Å². The Balaban J connectivity index is 1.78. The van der Waals surface area contributed by atoms with Gasteiger partial charge in [-0.2, -0.15) is 11.8 Å². The molecule has 0 saturated heterocycles. The zero-order valence-electron chi connectivity index (χ0n) is 12.3. The largest absolute Gasteiger partial charge is 0.370 e. The van der Waals surface area contributed by atoms with Gasteiger partial charge in [-0.25, -0.2) is 9.97 Å². The third kappa shape index (κ3) is 3.52. The predicted octanol–water partition coefficient (Wildman–Crippen LogP) is 4.26. The Hall–Kier alpha value is -1.20. The SMILES string of the molecule is CCNc1nc(CSc2cccc(C)c2)nc2c1CSC2. The highest BCUT2D eigenvalue weighted by molar-refractivity contribution is 7.98. The third-order valence-electron chi connectivity index (χ3n) is 3.33. The maximum Gasteiger partial charge on any atom is 0.141 e. The number of fused-ring (bicyclic) bond motifs is 1. The summed E-state index contributed by atoms with van der Waals surface area (Å²) >= 11 is 3.72. The van der Waals surface area contributed by atoms with Gasteiger partial charge in [0, 0.05) is 28.5 Å². The first-order valence-corrected chi connectivity index (χ1v) is 9.30. The lowest BCUT2D eigenvalue weighted by molar-refractivity contribution is 0.965. The van der Waals surface area contributed by atoms with E-state index in [4.69, 9.17) is 9.97 Å². The van der Waals surface area contributed by atoms with Crippen molar-refractivity contribution in [2.24, 2.45) is 0 Å². The molecule has 1 aliphatic heterocycles. The van der Waals surface area contributed by atoms with Crippen molar-refractivity contribution < 1.29 is 0 Å². The summed E-state index contributed by atoms with van der Waals surface area (Å²) in [5.41, 5.74) is 3.80. The number of aromatic nitrogens is 2. The lowest BCUT2D eigenvalue weighted by atomic mass is 10.2. The Morgan fingerprint density at radius 2 is 2.19 bits per heavy atom. The Kier molecular flexibility index (Phi) is 4.70. The van der Waals surface area contributed by atoms with E-state index in [1.54, 1.807) is 11.8 Å². The molecule has 2 aromatic rings. The maximum absolute atomic E-state index is 4.74. The summed E-state index contributed by atoms with van der Waals surface area (Å²) in [6.45, 7) is 5.13. The summed E-state index contributed by atoms with van der Waals surface area (Å²) in [6, 6.07) is 8.57. The van der Waals surface area contributed by atoms with Gasteiger partial charge in [-0.15, -0.1) is 11.8 Å². The van der Waals surface area contributed by atoms with E-state index in [2.05, 4.69) is 43.4 Å². The monoisotopic (exact) mass is 317 g/mol. The van der Waals surface area contributed by atoms with Crippen LogP contribution in [0.25, 0.3) is 0 Å². The minimum absolute atomic E-state index is 0.819. The molecule has 1 aromatic carbocycles. The van der Waals surface area contributed by atoms with Crippen molar-refractivity contribution in [2.45, 2.75) is 36.0 Å². The smallest absolute Gasteiger partial charge is 0.141 e. The lowest BCUT2D eigenvalue weighted by Gasteiger charge is -2.10. The average Bonchev–Trinajstić information content (AvgIpc) is 2.94. The van der Waals surface area contributed by atoms with Gasteiger partial charge in [0.1, 0.15) is 11.6 Å². The minimum atomic E-state index is 0.819. The molecule has 0 spiro atoms. The van der Waals surface area contributed by atoms with Crippen molar-refractivity contribution in [3.63, 3.8) is 0 Å². The third-order valence-corrected chi connectivity index (χ3v) is 5.29. The van der Waals surface area contributed by atoms with Crippen LogP contribution < -0.4 is 5.32 Å². The van der Waals surface area contributed by atoms with Gasteiger partial charge in [-0.05, 0) is 26.0 Å². The Morgan fingerprint density at radius 1 is 1.29 bits per heavy atom. The standard InChI is InChI=1S/C16H19N3S2/c1-3-17-16-13-8-20-9-14(13)18-15(19-16)10-21-12-6-4-5-11(2)7-12/h4-7H,3,8-10H2,1-2H3,(H,17,18,19). The second-order valence-electron chi connectivity index (χ2n) is 5.04. The average molecular weight is 317 g/mol. The quantitative estimate of drug-likeness (QED) is 0.834. The number of anilines is 1. The molecule has 5 heteroatoms. The van der Waals surface area contributed by atoms with Gasteiger partial charge in [-0.1, -0.05) is 17.7 Å². The Labute approximate surface area is 134 Å². The van der Waals surface area contributed by atoms with E-state index >= 15 is 0 Å². The lowest BCUT2D eigenvalue weighted by Crippen LogP contribution is -2.08. The van der Waals surface area contributed by atoms with E-state index in [0.29, 0.717) is 0 Å². The second kappa shape index (κ2) is 6.71. The number of hydrogen-bond donors (Lipinski definition) is 1. The van der Waals surface area contributed by atoms with Crippen LogP contribution in [0.2, 0.25) is 0 Å². The van der Waals surface area contributed by atoms with Crippen LogP contribution in [0.1, 0.15) is 29.6 Å². The molecule has 1 aliphatic rings. The molecular formula is C16H19N3S2. The van der Waals surface area contributed by atoms with Crippen LogP contribution in [0.15, 0.2) is 29.2 Å². The van der Waals surface area contributed by atoms with Crippen molar-refractivity contribution >= 4 is 29.3 Å². The number of aryl methyl sites for hydroxylation is 1. The fourth-order valence-corrected chi connectivity index (χ4v) is 4.24. The van der Waals surface area contributed by atoms with Gasteiger partial charge in [0.2, 0.25) is 0 Å². The van der Waals surface area contributed by atoms with Crippen LogP contribution in [0.4, 0.5) is 5.82 Å². The van der Waals surface area contributed by atoms with Crippen LogP contribution in [-0.4, -0.2) is 16.5 Å². The highest BCUT2D eigenvalue weighted by Crippen LogP contribution is 2.33. The Morgan fingerprint density at radius 3 is 3.00 bits per heavy atom. The molecule has 0 bridgehead atoms. The summed E-state index contributed by atoms with van der Waals surface area (Å²) in [6.07, 6.45) is 0. The van der Waals surface area contributed by atoms with E-state index in [-0.39, 0.29) is 0 Å². The molecule has 3 nitrogen and oxygen atoms in total. The minimum Gasteiger partial charge on any atom is -0.370 e. The van der Waals surface area contributed by atoms with Gasteiger partial charge in [0.05, 0.1) is 11.4 Å². The van der Waals surface area contributed by atoms with Gasteiger partial charge in [-0.3, -0.25) is 0 Å². The van der Waals surface area contributed by atoms with E-state index in [9.17, 15) is 0 Å². The first kappa shape index (κ1) is 14.7. The topological polar surface area (TPSA) is 37.8 Å². The van der Waals surface area contributed by atoms with Crippen LogP contribution >= 0.6 is 23.5 Å². The van der Waals surface area contributed by atoms with E-state index < -0.39 is 0 Å². The molecule has 0 saturated carbocycles. The van der Waals surface area contributed by atoms with Crippen molar-refractivity contribution in [1.29, 1.82) is 0 Å². The first-order chi connectivity index (χ1) is 10.3. The van der Waals surface area contributed by atoms with Crippen LogP contribution in [0.5, 0.6) is 0 Å². The molecule has 1 N–H and O–H groups in total. The highest BCUT2D eigenvalue weighted by atomic mass is 32.2. The van der Waals surface area contributed by atoms with Crippen LogP contribution in [0, 0.1) is 6.92 Å². The van der Waals surface area contributed by atoms with E-state index in [1.807, 2.05) is 11.8 Å². The van der Waals surface area contributed by atoms with Gasteiger partial charge in [0.25, 0.3) is 0 Å². The summed E-state index contributed by atoms with van der Waals surface area (Å²) in [5, 5.41) is 3.38. The molecular weight excluding hydrogens is 298 g/mol. The molecule has 1 aromatic heterocycles. The number of nitrogens with one attached hydrogen (secondary N) is 1. The summed E-state index contributed by atoms with van der Waals surface area (Å²) in [7, 11) is 0. The number of nitrogens with zero attached hydrogens (tertiary/aromatic N) is 2. The molecule has 2 heterocycles.